The molecule has 2 aromatic rings. The van der Waals surface area contributed by atoms with Crippen molar-refractivity contribution in [1.82, 2.24) is 25.3 Å². The number of hydrogen-bond acceptors (Lipinski definition) is 4. The monoisotopic (exact) mass is 341 g/mol. The molecule has 2 heterocycles. The van der Waals surface area contributed by atoms with E-state index in [1.54, 1.807) is 11.1 Å². The van der Waals surface area contributed by atoms with Crippen molar-refractivity contribution in [2.45, 2.75) is 26.1 Å². The number of piperazine rings is 1. The summed E-state index contributed by atoms with van der Waals surface area (Å²) in [6, 6.07) is 9.74. The van der Waals surface area contributed by atoms with Crippen molar-refractivity contribution in [2.24, 2.45) is 0 Å². The number of hydrogen-bond donors (Lipinski definition) is 2. The maximum Gasteiger partial charge on any atom is 0.254 e. The number of nitrogens with one attached hydrogen (secondary N) is 2. The second kappa shape index (κ2) is 7.94. The Morgan fingerprint density at radius 1 is 1.36 bits per heavy atom. The van der Waals surface area contributed by atoms with Crippen LogP contribution in [0.25, 0.3) is 0 Å². The molecule has 1 aromatic carbocycles. The molecular weight excluding hydrogens is 318 g/mol. The molecule has 1 atom stereocenters. The van der Waals surface area contributed by atoms with Crippen LogP contribution in [-0.4, -0.2) is 52.2 Å². The third-order valence-electron chi connectivity index (χ3n) is 4.20. The smallest absolute Gasteiger partial charge is 0.254 e. The predicted octanol–water partition coefficient (Wildman–Crippen LogP) is 0.633. The van der Waals surface area contributed by atoms with E-state index >= 15 is 0 Å². The van der Waals surface area contributed by atoms with Gasteiger partial charge in [-0.05, 0) is 30.7 Å². The first kappa shape index (κ1) is 17.2. The largest absolute Gasteiger partial charge is 0.353 e. The molecule has 1 aliphatic heterocycles. The summed E-state index contributed by atoms with van der Waals surface area (Å²) in [5.41, 5.74) is 1.73. The van der Waals surface area contributed by atoms with Gasteiger partial charge in [0.1, 0.15) is 0 Å². The first-order valence-electron chi connectivity index (χ1n) is 8.47. The van der Waals surface area contributed by atoms with Crippen molar-refractivity contribution in [3.05, 3.63) is 53.9 Å². The third-order valence-corrected chi connectivity index (χ3v) is 4.20. The summed E-state index contributed by atoms with van der Waals surface area (Å²) in [6.45, 7) is 4.84. The van der Waals surface area contributed by atoms with Gasteiger partial charge in [-0.25, -0.2) is 0 Å². The standard InChI is InChI=1S/C18H23N5O2/c1-14(12-23-9-2-7-21-23)20-11-15-3-5-16(6-4-15)18(25)22-10-8-19-17(24)13-22/h2-7,9,14,20H,8,10-13H2,1H3,(H,19,24)/t14-/m1/s1. The summed E-state index contributed by atoms with van der Waals surface area (Å²) in [7, 11) is 0. The molecule has 7 nitrogen and oxygen atoms in total. The zero-order valence-corrected chi connectivity index (χ0v) is 14.3. The summed E-state index contributed by atoms with van der Waals surface area (Å²) in [5, 5.41) is 10.4. The van der Waals surface area contributed by atoms with Crippen molar-refractivity contribution in [2.75, 3.05) is 19.6 Å². The van der Waals surface area contributed by atoms with E-state index in [9.17, 15) is 9.59 Å². The second-order valence-corrected chi connectivity index (χ2v) is 6.28. The lowest BCUT2D eigenvalue weighted by Crippen LogP contribution is -2.49. The number of nitrogens with zero attached hydrogens (tertiary/aromatic N) is 3. The minimum Gasteiger partial charge on any atom is -0.353 e. The van der Waals surface area contributed by atoms with E-state index in [0.29, 0.717) is 18.7 Å². The normalized spacial score (nSPS) is 15.7. The van der Waals surface area contributed by atoms with Crippen molar-refractivity contribution in [3.8, 4) is 0 Å². The zero-order valence-electron chi connectivity index (χ0n) is 14.3. The highest BCUT2D eigenvalue weighted by molar-refractivity contribution is 5.97. The van der Waals surface area contributed by atoms with Gasteiger partial charge in [0.05, 0.1) is 13.1 Å². The van der Waals surface area contributed by atoms with Gasteiger partial charge in [-0.1, -0.05) is 12.1 Å². The lowest BCUT2D eigenvalue weighted by molar-refractivity contribution is -0.123. The molecule has 25 heavy (non-hydrogen) atoms. The highest BCUT2D eigenvalue weighted by Crippen LogP contribution is 2.09. The van der Waals surface area contributed by atoms with Gasteiger partial charge in [0, 0.05) is 43.6 Å². The number of rotatable bonds is 6. The Morgan fingerprint density at radius 2 is 2.16 bits per heavy atom. The minimum absolute atomic E-state index is 0.0959. The molecule has 0 saturated carbocycles. The van der Waals surface area contributed by atoms with E-state index in [1.165, 1.54) is 0 Å². The van der Waals surface area contributed by atoms with Crippen molar-refractivity contribution in [1.29, 1.82) is 0 Å². The summed E-state index contributed by atoms with van der Waals surface area (Å²) < 4.78 is 1.90. The average Bonchev–Trinajstić information content (AvgIpc) is 3.13. The number of carbonyl (C=O) groups excluding carboxylic acids is 2. The van der Waals surface area contributed by atoms with Gasteiger partial charge in [-0.2, -0.15) is 5.10 Å². The Morgan fingerprint density at radius 3 is 2.84 bits per heavy atom. The van der Waals surface area contributed by atoms with E-state index in [0.717, 1.165) is 18.7 Å². The van der Waals surface area contributed by atoms with Crippen LogP contribution in [0.4, 0.5) is 0 Å². The maximum atomic E-state index is 12.4. The topological polar surface area (TPSA) is 79.3 Å². The number of carbonyl (C=O) groups is 2. The van der Waals surface area contributed by atoms with E-state index in [2.05, 4.69) is 22.7 Å². The molecule has 0 aliphatic carbocycles. The Bertz CT molecular complexity index is 712. The van der Waals surface area contributed by atoms with Gasteiger partial charge in [0.25, 0.3) is 5.91 Å². The van der Waals surface area contributed by atoms with Gasteiger partial charge >= 0.3 is 0 Å². The SMILES string of the molecule is C[C@H](Cn1cccn1)NCc1ccc(C(=O)N2CCNC(=O)C2)cc1. The molecule has 1 aromatic heterocycles. The van der Waals surface area contributed by atoms with E-state index in [4.69, 9.17) is 0 Å². The van der Waals surface area contributed by atoms with Crippen LogP contribution in [0.15, 0.2) is 42.7 Å². The van der Waals surface area contributed by atoms with Crippen LogP contribution in [0, 0.1) is 0 Å². The fourth-order valence-electron chi connectivity index (χ4n) is 2.81. The van der Waals surface area contributed by atoms with E-state index < -0.39 is 0 Å². The quantitative estimate of drug-likeness (QED) is 0.808. The van der Waals surface area contributed by atoms with Crippen LogP contribution in [0.3, 0.4) is 0 Å². The molecule has 1 saturated heterocycles. The van der Waals surface area contributed by atoms with Crippen molar-refractivity contribution >= 4 is 11.8 Å². The summed E-state index contributed by atoms with van der Waals surface area (Å²) in [6.07, 6.45) is 3.72. The average molecular weight is 341 g/mol. The second-order valence-electron chi connectivity index (χ2n) is 6.28. The van der Waals surface area contributed by atoms with Crippen LogP contribution >= 0.6 is 0 Å². The highest BCUT2D eigenvalue weighted by atomic mass is 16.2. The van der Waals surface area contributed by atoms with Gasteiger partial charge in [-0.3, -0.25) is 14.3 Å². The highest BCUT2D eigenvalue weighted by Gasteiger charge is 2.22. The molecule has 0 bridgehead atoms. The Hall–Kier alpha value is -2.67. The Labute approximate surface area is 147 Å². The molecule has 0 radical (unpaired) electrons. The lowest BCUT2D eigenvalue weighted by Gasteiger charge is -2.26. The third kappa shape index (κ3) is 4.67. The Kier molecular flexibility index (Phi) is 5.45. The molecule has 1 aliphatic rings. The van der Waals surface area contributed by atoms with Crippen LogP contribution < -0.4 is 10.6 Å². The fourth-order valence-corrected chi connectivity index (χ4v) is 2.81. The van der Waals surface area contributed by atoms with Gasteiger partial charge in [0.15, 0.2) is 0 Å². The van der Waals surface area contributed by atoms with Crippen LogP contribution in [-0.2, 0) is 17.9 Å². The molecule has 0 spiro atoms. The first-order chi connectivity index (χ1) is 12.1. The summed E-state index contributed by atoms with van der Waals surface area (Å²) in [5.74, 6) is -0.201. The predicted molar refractivity (Wildman–Crippen MR) is 93.9 cm³/mol. The van der Waals surface area contributed by atoms with Gasteiger partial charge < -0.3 is 15.5 Å². The van der Waals surface area contributed by atoms with Gasteiger partial charge in [0.2, 0.25) is 5.91 Å². The first-order valence-corrected chi connectivity index (χ1v) is 8.47. The van der Waals surface area contributed by atoms with Crippen LogP contribution in [0.5, 0.6) is 0 Å². The van der Waals surface area contributed by atoms with Crippen molar-refractivity contribution < 1.29 is 9.59 Å². The molecule has 2 amide bonds. The van der Waals surface area contributed by atoms with E-state index in [1.807, 2.05) is 41.2 Å². The lowest BCUT2D eigenvalue weighted by atomic mass is 10.1. The minimum atomic E-state index is -0.105. The molecule has 2 N–H and O–H groups in total. The summed E-state index contributed by atoms with van der Waals surface area (Å²) >= 11 is 0. The number of benzene rings is 1. The fraction of sp³-hybridized carbons (Fsp3) is 0.389. The van der Waals surface area contributed by atoms with Crippen molar-refractivity contribution in [3.63, 3.8) is 0 Å². The maximum absolute atomic E-state index is 12.4. The number of aromatic nitrogens is 2. The van der Waals surface area contributed by atoms with Crippen LogP contribution in [0.1, 0.15) is 22.8 Å². The summed E-state index contributed by atoms with van der Waals surface area (Å²) in [4.78, 5) is 25.4. The van der Waals surface area contributed by atoms with E-state index in [-0.39, 0.29) is 24.4 Å². The van der Waals surface area contributed by atoms with Crippen LogP contribution in [0.2, 0.25) is 0 Å². The molecule has 132 valence electrons. The molecular formula is C18H23N5O2. The molecule has 7 heteroatoms. The molecule has 0 unspecified atom stereocenters. The zero-order chi connectivity index (χ0) is 17.6. The Balaban J connectivity index is 1.51. The number of amides is 2. The van der Waals surface area contributed by atoms with Gasteiger partial charge in [-0.15, -0.1) is 0 Å². The molecule has 3 rings (SSSR count). The molecule has 1 fully saturated rings.